The summed E-state index contributed by atoms with van der Waals surface area (Å²) >= 11 is 0. The smallest absolute Gasteiger partial charge is 0.244 e. The van der Waals surface area contributed by atoms with Crippen LogP contribution in [0.25, 0.3) is 0 Å². The Morgan fingerprint density at radius 3 is 2.62 bits per heavy atom. The van der Waals surface area contributed by atoms with Gasteiger partial charge in [0.1, 0.15) is 5.75 Å². The van der Waals surface area contributed by atoms with E-state index in [0.29, 0.717) is 30.0 Å². The SMILES string of the molecule is CCS(=O)(=O)Nc1ccc(NC(=O)C2(N)CC2)cc1OC. The lowest BCUT2D eigenvalue weighted by Gasteiger charge is -2.14. The van der Waals surface area contributed by atoms with E-state index in [1.807, 2.05) is 0 Å². The van der Waals surface area contributed by atoms with Crippen molar-refractivity contribution in [3.05, 3.63) is 18.2 Å². The third-order valence-electron chi connectivity index (χ3n) is 3.35. The van der Waals surface area contributed by atoms with Gasteiger partial charge in [0.15, 0.2) is 0 Å². The molecule has 116 valence electrons. The fourth-order valence-corrected chi connectivity index (χ4v) is 2.36. The second-order valence-electron chi connectivity index (χ2n) is 5.03. The second kappa shape index (κ2) is 5.53. The molecule has 0 spiro atoms. The van der Waals surface area contributed by atoms with Gasteiger partial charge in [-0.05, 0) is 31.9 Å². The third-order valence-corrected chi connectivity index (χ3v) is 4.64. The van der Waals surface area contributed by atoms with E-state index in [-0.39, 0.29) is 11.7 Å². The van der Waals surface area contributed by atoms with Crippen LogP contribution in [0, 0.1) is 0 Å². The van der Waals surface area contributed by atoms with Crippen LogP contribution in [0.1, 0.15) is 19.8 Å². The fourth-order valence-electron chi connectivity index (χ4n) is 1.71. The summed E-state index contributed by atoms with van der Waals surface area (Å²) in [5.41, 5.74) is 5.87. The number of methoxy groups -OCH3 is 1. The summed E-state index contributed by atoms with van der Waals surface area (Å²) in [6.45, 7) is 1.54. The van der Waals surface area contributed by atoms with Crippen LogP contribution in [-0.4, -0.2) is 32.7 Å². The first-order chi connectivity index (χ1) is 9.79. The summed E-state index contributed by atoms with van der Waals surface area (Å²) < 4.78 is 30.7. The highest BCUT2D eigenvalue weighted by atomic mass is 32.2. The Morgan fingerprint density at radius 2 is 2.10 bits per heavy atom. The minimum Gasteiger partial charge on any atom is -0.494 e. The minimum absolute atomic E-state index is 0.0374. The molecule has 0 radical (unpaired) electrons. The third kappa shape index (κ3) is 3.64. The Labute approximate surface area is 123 Å². The highest BCUT2D eigenvalue weighted by Gasteiger charge is 2.45. The fraction of sp³-hybridized carbons (Fsp3) is 0.462. The summed E-state index contributed by atoms with van der Waals surface area (Å²) in [6, 6.07) is 4.69. The predicted molar refractivity (Wildman–Crippen MR) is 80.9 cm³/mol. The Morgan fingerprint density at radius 1 is 1.43 bits per heavy atom. The minimum atomic E-state index is -3.39. The van der Waals surface area contributed by atoms with Gasteiger partial charge < -0.3 is 15.8 Å². The Bertz CT molecular complexity index is 653. The Hall–Kier alpha value is -1.80. The van der Waals surface area contributed by atoms with E-state index >= 15 is 0 Å². The van der Waals surface area contributed by atoms with Gasteiger partial charge in [0.05, 0.1) is 24.1 Å². The zero-order valence-electron chi connectivity index (χ0n) is 12.0. The van der Waals surface area contributed by atoms with Crippen LogP contribution in [0.4, 0.5) is 11.4 Å². The number of hydrogen-bond acceptors (Lipinski definition) is 5. The summed E-state index contributed by atoms with van der Waals surface area (Å²) in [7, 11) is -1.97. The molecule has 0 aromatic heterocycles. The van der Waals surface area contributed by atoms with Crippen molar-refractivity contribution in [2.75, 3.05) is 22.9 Å². The van der Waals surface area contributed by atoms with Crippen LogP contribution in [0.15, 0.2) is 18.2 Å². The van der Waals surface area contributed by atoms with E-state index in [2.05, 4.69) is 10.0 Å². The normalized spacial score (nSPS) is 16.1. The van der Waals surface area contributed by atoms with E-state index in [9.17, 15) is 13.2 Å². The number of nitrogens with two attached hydrogens (primary N) is 1. The molecule has 1 amide bonds. The first-order valence-electron chi connectivity index (χ1n) is 6.58. The molecule has 1 aromatic rings. The summed E-state index contributed by atoms with van der Waals surface area (Å²) in [5.74, 6) is 0.0442. The van der Waals surface area contributed by atoms with Crippen LogP contribution in [0.2, 0.25) is 0 Å². The summed E-state index contributed by atoms with van der Waals surface area (Å²) in [4.78, 5) is 11.9. The molecular formula is C13H19N3O4S. The van der Waals surface area contributed by atoms with E-state index in [1.165, 1.54) is 13.2 Å². The van der Waals surface area contributed by atoms with Crippen LogP contribution in [-0.2, 0) is 14.8 Å². The highest BCUT2D eigenvalue weighted by Crippen LogP contribution is 2.34. The molecule has 1 fully saturated rings. The zero-order chi connectivity index (χ0) is 15.7. The molecule has 0 aliphatic heterocycles. The number of benzene rings is 1. The number of anilines is 2. The van der Waals surface area contributed by atoms with Crippen molar-refractivity contribution in [1.29, 1.82) is 0 Å². The molecule has 0 unspecified atom stereocenters. The van der Waals surface area contributed by atoms with Gasteiger partial charge in [0, 0.05) is 11.8 Å². The molecule has 0 atom stereocenters. The number of hydrogen-bond donors (Lipinski definition) is 3. The van der Waals surface area contributed by atoms with E-state index < -0.39 is 15.6 Å². The number of carbonyl (C=O) groups is 1. The molecule has 1 aliphatic carbocycles. The second-order valence-corrected chi connectivity index (χ2v) is 7.04. The van der Waals surface area contributed by atoms with Crippen molar-refractivity contribution in [3.8, 4) is 5.75 Å². The molecule has 2 rings (SSSR count). The first-order valence-corrected chi connectivity index (χ1v) is 8.24. The molecule has 0 heterocycles. The molecule has 0 bridgehead atoms. The Kier molecular flexibility index (Phi) is 4.11. The maximum atomic E-state index is 11.9. The van der Waals surface area contributed by atoms with Gasteiger partial charge in [-0.2, -0.15) is 0 Å². The monoisotopic (exact) mass is 313 g/mol. The standard InChI is InChI=1S/C13H19N3O4S/c1-3-21(18,19)16-10-5-4-9(8-11(10)20-2)15-12(17)13(14)6-7-13/h4-5,8,16H,3,6-7,14H2,1-2H3,(H,15,17). The van der Waals surface area contributed by atoms with Crippen LogP contribution >= 0.6 is 0 Å². The zero-order valence-corrected chi connectivity index (χ0v) is 12.8. The number of sulfonamides is 1. The van der Waals surface area contributed by atoms with E-state index in [4.69, 9.17) is 10.5 Å². The van der Waals surface area contributed by atoms with Crippen molar-refractivity contribution in [2.24, 2.45) is 5.73 Å². The highest BCUT2D eigenvalue weighted by molar-refractivity contribution is 7.92. The number of ether oxygens (including phenoxy) is 1. The molecular weight excluding hydrogens is 294 g/mol. The topological polar surface area (TPSA) is 111 Å². The van der Waals surface area contributed by atoms with Gasteiger partial charge in [-0.3, -0.25) is 9.52 Å². The maximum absolute atomic E-state index is 11.9. The lowest BCUT2D eigenvalue weighted by Crippen LogP contribution is -2.37. The van der Waals surface area contributed by atoms with Crippen LogP contribution in [0.3, 0.4) is 0 Å². The largest absolute Gasteiger partial charge is 0.494 e. The predicted octanol–water partition coefficient (Wildman–Crippen LogP) is 0.887. The average Bonchev–Trinajstić information content (AvgIpc) is 3.19. The molecule has 1 aromatic carbocycles. The van der Waals surface area contributed by atoms with E-state index in [1.54, 1.807) is 19.1 Å². The van der Waals surface area contributed by atoms with Gasteiger partial charge in [-0.1, -0.05) is 0 Å². The first kappa shape index (κ1) is 15.6. The molecule has 1 aliphatic rings. The molecule has 1 saturated carbocycles. The number of amides is 1. The van der Waals surface area contributed by atoms with Crippen LogP contribution in [0.5, 0.6) is 5.75 Å². The Balaban J connectivity index is 2.18. The van der Waals surface area contributed by atoms with Gasteiger partial charge in [-0.15, -0.1) is 0 Å². The average molecular weight is 313 g/mol. The van der Waals surface area contributed by atoms with Crippen molar-refractivity contribution in [1.82, 2.24) is 0 Å². The number of carbonyl (C=O) groups excluding carboxylic acids is 1. The lowest BCUT2D eigenvalue weighted by atomic mass is 10.2. The van der Waals surface area contributed by atoms with Gasteiger partial charge in [0.2, 0.25) is 15.9 Å². The maximum Gasteiger partial charge on any atom is 0.244 e. The van der Waals surface area contributed by atoms with Crippen molar-refractivity contribution < 1.29 is 17.9 Å². The van der Waals surface area contributed by atoms with Crippen molar-refractivity contribution in [2.45, 2.75) is 25.3 Å². The van der Waals surface area contributed by atoms with Crippen LogP contribution < -0.4 is 20.5 Å². The van der Waals surface area contributed by atoms with Gasteiger partial charge in [-0.25, -0.2) is 8.42 Å². The van der Waals surface area contributed by atoms with Gasteiger partial charge >= 0.3 is 0 Å². The molecule has 7 nitrogen and oxygen atoms in total. The number of nitrogens with one attached hydrogen (secondary N) is 2. The molecule has 21 heavy (non-hydrogen) atoms. The summed E-state index contributed by atoms with van der Waals surface area (Å²) in [5, 5.41) is 2.70. The van der Waals surface area contributed by atoms with Crippen molar-refractivity contribution >= 4 is 27.3 Å². The van der Waals surface area contributed by atoms with E-state index in [0.717, 1.165) is 0 Å². The molecule has 4 N–H and O–H groups in total. The number of rotatable bonds is 6. The van der Waals surface area contributed by atoms with Gasteiger partial charge in [0.25, 0.3) is 0 Å². The lowest BCUT2D eigenvalue weighted by molar-refractivity contribution is -0.118. The van der Waals surface area contributed by atoms with Crippen molar-refractivity contribution in [3.63, 3.8) is 0 Å². The summed E-state index contributed by atoms with van der Waals surface area (Å²) in [6.07, 6.45) is 1.34. The molecule has 8 heteroatoms. The quantitative estimate of drug-likeness (QED) is 0.722. The molecule has 0 saturated heterocycles.